The molecule has 2 rings (SSSR count). The van der Waals surface area contributed by atoms with Gasteiger partial charge in [-0.3, -0.25) is 4.79 Å². The lowest BCUT2D eigenvalue weighted by Crippen LogP contribution is -2.17. The predicted octanol–water partition coefficient (Wildman–Crippen LogP) is 3.10. The average molecular weight is 376 g/mol. The number of amides is 1. The van der Waals surface area contributed by atoms with Crippen LogP contribution < -0.4 is 20.6 Å². The Labute approximate surface area is 157 Å². The normalized spacial score (nSPS) is 11.1. The maximum Gasteiger partial charge on any atom is 0.283 e. The molecule has 7 nitrogen and oxygen atoms in total. The Morgan fingerprint density at radius 3 is 2.85 bits per heavy atom. The van der Waals surface area contributed by atoms with Gasteiger partial charge in [0.25, 0.3) is 5.91 Å². The molecule has 2 aromatic rings. The van der Waals surface area contributed by atoms with E-state index in [1.54, 1.807) is 19.4 Å². The third kappa shape index (κ3) is 5.19. The van der Waals surface area contributed by atoms with E-state index in [-0.39, 0.29) is 5.91 Å². The third-order valence-electron chi connectivity index (χ3n) is 3.39. The van der Waals surface area contributed by atoms with Gasteiger partial charge in [0.2, 0.25) is 0 Å². The lowest BCUT2D eigenvalue weighted by molar-refractivity contribution is 0.0958. The van der Waals surface area contributed by atoms with Crippen molar-refractivity contribution in [3.8, 4) is 11.5 Å². The summed E-state index contributed by atoms with van der Waals surface area (Å²) >= 11 is 1.15. The van der Waals surface area contributed by atoms with Gasteiger partial charge in [-0.25, -0.2) is 10.4 Å². The number of nitrogen functional groups attached to an aromatic ring is 1. The number of methoxy groups -OCH3 is 1. The van der Waals surface area contributed by atoms with E-state index in [4.69, 9.17) is 15.2 Å². The Hall–Kier alpha value is -2.61. The molecule has 0 aliphatic heterocycles. The number of carbonyl (C=O) groups excluding carboxylic acids is 1. The summed E-state index contributed by atoms with van der Waals surface area (Å²) in [4.78, 5) is 16.8. The van der Waals surface area contributed by atoms with Crippen molar-refractivity contribution in [3.63, 3.8) is 0 Å². The minimum atomic E-state index is -0.323. The van der Waals surface area contributed by atoms with E-state index in [0.717, 1.165) is 16.9 Å². The first-order valence-corrected chi connectivity index (χ1v) is 9.15. The molecule has 0 saturated heterocycles. The molecule has 140 valence electrons. The van der Waals surface area contributed by atoms with Gasteiger partial charge >= 0.3 is 0 Å². The largest absolute Gasteiger partial charge is 0.493 e. The van der Waals surface area contributed by atoms with Crippen molar-refractivity contribution in [2.45, 2.75) is 27.2 Å². The number of anilines is 1. The van der Waals surface area contributed by atoms with Gasteiger partial charge in [0.1, 0.15) is 4.88 Å². The average Bonchev–Trinajstić information content (AvgIpc) is 3.01. The number of nitrogens with one attached hydrogen (secondary N) is 1. The number of hydrogen-bond donors (Lipinski definition) is 2. The second-order valence-corrected chi connectivity index (χ2v) is 7.03. The lowest BCUT2D eigenvalue weighted by atomic mass is 10.2. The molecule has 1 aromatic heterocycles. The van der Waals surface area contributed by atoms with E-state index in [0.29, 0.717) is 46.1 Å². The molecule has 26 heavy (non-hydrogen) atoms. The highest BCUT2D eigenvalue weighted by Gasteiger charge is 2.15. The third-order valence-corrected chi connectivity index (χ3v) is 4.32. The molecular weight excluding hydrogens is 352 g/mol. The molecule has 0 fully saturated rings. The minimum Gasteiger partial charge on any atom is -0.493 e. The number of ether oxygens (including phenoxy) is 2. The fraction of sp³-hybridized carbons (Fsp3) is 0.389. The van der Waals surface area contributed by atoms with Gasteiger partial charge in [-0.05, 0) is 36.1 Å². The summed E-state index contributed by atoms with van der Waals surface area (Å²) < 4.78 is 11.1. The smallest absolute Gasteiger partial charge is 0.283 e. The van der Waals surface area contributed by atoms with Crippen LogP contribution in [0.2, 0.25) is 0 Å². The fourth-order valence-electron chi connectivity index (χ4n) is 2.14. The molecule has 0 aliphatic carbocycles. The Morgan fingerprint density at radius 1 is 1.42 bits per heavy atom. The number of aromatic nitrogens is 1. The van der Waals surface area contributed by atoms with Crippen LogP contribution in [0.15, 0.2) is 23.3 Å². The summed E-state index contributed by atoms with van der Waals surface area (Å²) in [6, 6.07) is 5.47. The molecule has 0 atom stereocenters. The number of carbonyl (C=O) groups is 1. The zero-order valence-corrected chi connectivity index (χ0v) is 16.2. The number of nitrogens with two attached hydrogens (primary N) is 1. The second kappa shape index (κ2) is 9.19. The van der Waals surface area contributed by atoms with Crippen molar-refractivity contribution in [3.05, 3.63) is 34.3 Å². The van der Waals surface area contributed by atoms with Crippen LogP contribution in [0.1, 0.15) is 41.7 Å². The molecule has 0 unspecified atom stereocenters. The van der Waals surface area contributed by atoms with Gasteiger partial charge in [-0.15, -0.1) is 0 Å². The van der Waals surface area contributed by atoms with Gasteiger partial charge in [-0.2, -0.15) is 5.10 Å². The first-order valence-electron chi connectivity index (χ1n) is 8.34. The molecule has 3 N–H and O–H groups in total. The molecule has 1 heterocycles. The summed E-state index contributed by atoms with van der Waals surface area (Å²) in [5.74, 6) is 1.39. The van der Waals surface area contributed by atoms with Gasteiger partial charge in [0.15, 0.2) is 16.6 Å². The fourth-order valence-corrected chi connectivity index (χ4v) is 2.95. The highest BCUT2D eigenvalue weighted by Crippen LogP contribution is 2.28. The van der Waals surface area contributed by atoms with Gasteiger partial charge in [0, 0.05) is 0 Å². The van der Waals surface area contributed by atoms with E-state index in [9.17, 15) is 4.79 Å². The SMILES string of the molecule is CCc1nc(N)sc1C(=O)N/N=C\c1ccc(OCC(C)C)c(OC)c1. The maximum atomic E-state index is 12.2. The van der Waals surface area contributed by atoms with Crippen LogP contribution in [0.3, 0.4) is 0 Å². The molecule has 1 amide bonds. The Morgan fingerprint density at radius 2 is 2.19 bits per heavy atom. The topological polar surface area (TPSA) is 98.8 Å². The van der Waals surface area contributed by atoms with Gasteiger partial charge in [0.05, 0.1) is 25.6 Å². The number of benzene rings is 1. The lowest BCUT2D eigenvalue weighted by Gasteiger charge is -2.12. The minimum absolute atomic E-state index is 0.323. The molecule has 0 radical (unpaired) electrons. The Kier molecular flexibility index (Phi) is 6.97. The van der Waals surface area contributed by atoms with Crippen LogP contribution in [-0.2, 0) is 6.42 Å². The van der Waals surface area contributed by atoms with Crippen LogP contribution in [0.25, 0.3) is 0 Å². The summed E-state index contributed by atoms with van der Waals surface area (Å²) in [6.45, 7) is 6.69. The highest BCUT2D eigenvalue weighted by atomic mass is 32.1. The summed E-state index contributed by atoms with van der Waals surface area (Å²) in [6.07, 6.45) is 2.18. The number of hydrogen-bond acceptors (Lipinski definition) is 7. The Bertz CT molecular complexity index is 787. The predicted molar refractivity (Wildman–Crippen MR) is 104 cm³/mol. The van der Waals surface area contributed by atoms with Crippen LogP contribution in [0, 0.1) is 5.92 Å². The van der Waals surface area contributed by atoms with E-state index in [2.05, 4.69) is 29.4 Å². The number of rotatable bonds is 8. The molecule has 0 bridgehead atoms. The molecule has 0 spiro atoms. The van der Waals surface area contributed by atoms with Gasteiger partial charge < -0.3 is 15.2 Å². The van der Waals surface area contributed by atoms with Crippen molar-refractivity contribution in [1.29, 1.82) is 0 Å². The van der Waals surface area contributed by atoms with Crippen molar-refractivity contribution >= 4 is 28.6 Å². The van der Waals surface area contributed by atoms with Gasteiger partial charge in [-0.1, -0.05) is 32.1 Å². The zero-order valence-electron chi connectivity index (χ0n) is 15.4. The molecule has 1 aromatic carbocycles. The standard InChI is InChI=1S/C18H24N4O3S/c1-5-13-16(26-18(19)21-13)17(23)22-20-9-12-6-7-14(15(8-12)24-4)25-10-11(2)3/h6-9,11H,5,10H2,1-4H3,(H2,19,21)(H,22,23)/b20-9-. The summed E-state index contributed by atoms with van der Waals surface area (Å²) in [5, 5.41) is 4.37. The number of nitrogens with zero attached hydrogens (tertiary/aromatic N) is 2. The highest BCUT2D eigenvalue weighted by molar-refractivity contribution is 7.17. The molecule has 0 aliphatic rings. The van der Waals surface area contributed by atoms with E-state index < -0.39 is 0 Å². The maximum absolute atomic E-state index is 12.2. The number of aryl methyl sites for hydroxylation is 1. The first kappa shape index (κ1) is 19.7. The quantitative estimate of drug-likeness (QED) is 0.545. The number of hydrazone groups is 1. The summed E-state index contributed by atoms with van der Waals surface area (Å²) in [5.41, 5.74) is 9.62. The monoisotopic (exact) mass is 376 g/mol. The second-order valence-electron chi connectivity index (χ2n) is 6.00. The van der Waals surface area contributed by atoms with E-state index >= 15 is 0 Å². The molecule has 8 heteroatoms. The molecular formula is C18H24N4O3S. The van der Waals surface area contributed by atoms with Crippen LogP contribution in [0.5, 0.6) is 11.5 Å². The van der Waals surface area contributed by atoms with Crippen molar-refractivity contribution < 1.29 is 14.3 Å². The van der Waals surface area contributed by atoms with Crippen LogP contribution >= 0.6 is 11.3 Å². The number of thiazole rings is 1. The Balaban J connectivity index is 2.04. The van der Waals surface area contributed by atoms with Crippen molar-refractivity contribution in [2.24, 2.45) is 11.0 Å². The van der Waals surface area contributed by atoms with Crippen LogP contribution in [-0.4, -0.2) is 30.8 Å². The van der Waals surface area contributed by atoms with E-state index in [1.165, 1.54) is 0 Å². The van der Waals surface area contributed by atoms with Crippen molar-refractivity contribution in [1.82, 2.24) is 10.4 Å². The van der Waals surface area contributed by atoms with Crippen LogP contribution in [0.4, 0.5) is 5.13 Å². The first-order chi connectivity index (χ1) is 12.4. The molecule has 0 saturated carbocycles. The van der Waals surface area contributed by atoms with E-state index in [1.807, 2.05) is 19.1 Å². The van der Waals surface area contributed by atoms with Crippen molar-refractivity contribution in [2.75, 3.05) is 19.5 Å². The summed E-state index contributed by atoms with van der Waals surface area (Å²) in [7, 11) is 1.58. The zero-order chi connectivity index (χ0) is 19.1.